The van der Waals surface area contributed by atoms with E-state index in [0.717, 1.165) is 6.20 Å². The smallest absolute Gasteiger partial charge is 0.423 e. The van der Waals surface area contributed by atoms with Crippen LogP contribution in [0, 0.1) is 11.3 Å². The van der Waals surface area contributed by atoms with Crippen molar-refractivity contribution in [2.45, 2.75) is 38.0 Å². The second kappa shape index (κ2) is 11.5. The number of piperidine rings is 1. The summed E-state index contributed by atoms with van der Waals surface area (Å²) in [6.07, 6.45) is 2.84. The van der Waals surface area contributed by atoms with Gasteiger partial charge in [-0.15, -0.1) is 0 Å². The first-order valence-corrected chi connectivity index (χ1v) is 11.0. The van der Waals surface area contributed by atoms with E-state index in [-0.39, 0.29) is 12.6 Å². The maximum Gasteiger partial charge on any atom is 0.423 e. The van der Waals surface area contributed by atoms with Crippen molar-refractivity contribution in [2.24, 2.45) is 0 Å². The molecule has 2 N–H and O–H groups in total. The van der Waals surface area contributed by atoms with E-state index in [1.54, 1.807) is 19.1 Å². The lowest BCUT2D eigenvalue weighted by molar-refractivity contribution is -0.138. The monoisotopic (exact) mass is 506 g/mol. The number of ether oxygens (including phenoxy) is 1. The average Bonchev–Trinajstić information content (AvgIpc) is 2.85. The highest BCUT2D eigenvalue weighted by atomic mass is 19.4. The van der Waals surface area contributed by atoms with Gasteiger partial charge in [0.15, 0.2) is 0 Å². The lowest BCUT2D eigenvalue weighted by atomic mass is 10.0. The minimum atomic E-state index is -4.84. The summed E-state index contributed by atoms with van der Waals surface area (Å²) >= 11 is 0. The molecule has 0 bridgehead atoms. The van der Waals surface area contributed by atoms with Gasteiger partial charge in [-0.25, -0.2) is 19.9 Å². The number of hydrogen-bond donors (Lipinski definition) is 2. The lowest BCUT2D eigenvalue weighted by Gasteiger charge is -2.36. The normalized spacial score (nSPS) is 15.4. The minimum absolute atomic E-state index is 0.0406. The number of amides is 1. The fourth-order valence-corrected chi connectivity index (χ4v) is 3.71. The Kier molecular flexibility index (Phi) is 8.46. The average molecular weight is 506 g/mol. The van der Waals surface area contributed by atoms with Crippen molar-refractivity contribution in [2.75, 3.05) is 37.0 Å². The number of nitriles is 1. The number of anilines is 2. The number of halogens is 3. The Labute approximate surface area is 204 Å². The molecule has 14 heteroatoms. The van der Waals surface area contributed by atoms with Gasteiger partial charge in [0.1, 0.15) is 18.2 Å². The zero-order valence-electron chi connectivity index (χ0n) is 19.6. The predicted molar refractivity (Wildman–Crippen MR) is 123 cm³/mol. The van der Waals surface area contributed by atoms with E-state index in [1.165, 1.54) is 29.4 Å². The third-order valence-electron chi connectivity index (χ3n) is 5.60. The van der Waals surface area contributed by atoms with Gasteiger partial charge >= 0.3 is 12.3 Å². The third kappa shape index (κ3) is 6.71. The first kappa shape index (κ1) is 26.5. The number of aromatic nitrogens is 4. The molecule has 36 heavy (non-hydrogen) atoms. The largest absolute Gasteiger partial charge is 0.445 e. The first-order chi connectivity index (χ1) is 17.1. The predicted octanol–water partition coefficient (Wildman–Crippen LogP) is 2.54. The standard InChI is InChI=1S/C22H25F3N8O3/c1-14(30-17-13-29-31-19(34)18(17)22(23,24)25)4-3-9-36-21(35)32(2)16-5-7-33(8-6-16)20-27-11-15(10-26)12-28-20/h3-4,11-14,16H,5-9H2,1-2H3,(H2,30,31,34)/b4-3+/t14-/m0/s1. The van der Waals surface area contributed by atoms with Crippen LogP contribution in [0.15, 0.2) is 35.5 Å². The van der Waals surface area contributed by atoms with Crippen LogP contribution in [0.2, 0.25) is 0 Å². The first-order valence-electron chi connectivity index (χ1n) is 11.0. The molecule has 1 aliphatic rings. The fraction of sp³-hybridized carbons (Fsp3) is 0.455. The van der Waals surface area contributed by atoms with Crippen molar-refractivity contribution >= 4 is 17.7 Å². The summed E-state index contributed by atoms with van der Waals surface area (Å²) in [5.74, 6) is 0.531. The molecule has 1 amide bonds. The van der Waals surface area contributed by atoms with Crippen LogP contribution in [0.1, 0.15) is 30.9 Å². The summed E-state index contributed by atoms with van der Waals surface area (Å²) in [7, 11) is 1.65. The Morgan fingerprint density at radius 1 is 1.36 bits per heavy atom. The third-order valence-corrected chi connectivity index (χ3v) is 5.60. The molecule has 1 aliphatic heterocycles. The molecule has 0 spiro atoms. The van der Waals surface area contributed by atoms with Crippen molar-refractivity contribution in [3.63, 3.8) is 0 Å². The van der Waals surface area contributed by atoms with Crippen molar-refractivity contribution in [1.82, 2.24) is 25.1 Å². The van der Waals surface area contributed by atoms with Gasteiger partial charge in [-0.2, -0.15) is 23.5 Å². The van der Waals surface area contributed by atoms with E-state index in [0.29, 0.717) is 37.4 Å². The Hall–Kier alpha value is -4.15. The van der Waals surface area contributed by atoms with E-state index < -0.39 is 35.1 Å². The van der Waals surface area contributed by atoms with Crippen molar-refractivity contribution in [1.29, 1.82) is 5.26 Å². The number of H-pyrrole nitrogens is 1. The van der Waals surface area contributed by atoms with Crippen molar-refractivity contribution < 1.29 is 22.7 Å². The zero-order chi connectivity index (χ0) is 26.3. The van der Waals surface area contributed by atoms with E-state index in [2.05, 4.69) is 20.4 Å². The van der Waals surface area contributed by atoms with Crippen LogP contribution in [-0.4, -0.2) is 70.0 Å². The second-order valence-electron chi connectivity index (χ2n) is 8.14. The summed E-state index contributed by atoms with van der Waals surface area (Å²) in [6.45, 7) is 2.77. The quantitative estimate of drug-likeness (QED) is 0.542. The van der Waals surface area contributed by atoms with Crippen molar-refractivity contribution in [3.05, 3.63) is 52.2 Å². The van der Waals surface area contributed by atoms with Gasteiger partial charge in [-0.05, 0) is 25.8 Å². The molecule has 192 valence electrons. The highest BCUT2D eigenvalue weighted by Gasteiger charge is 2.37. The molecular weight excluding hydrogens is 481 g/mol. The molecule has 0 aliphatic carbocycles. The number of hydrogen-bond acceptors (Lipinski definition) is 9. The topological polar surface area (TPSA) is 140 Å². The van der Waals surface area contributed by atoms with E-state index in [9.17, 15) is 22.8 Å². The summed E-state index contributed by atoms with van der Waals surface area (Å²) in [6, 6.07) is 1.34. The molecule has 1 atom stereocenters. The Morgan fingerprint density at radius 2 is 2.03 bits per heavy atom. The molecule has 0 unspecified atom stereocenters. The molecule has 3 heterocycles. The molecule has 2 aromatic rings. The van der Waals surface area contributed by atoms with Crippen LogP contribution < -0.4 is 15.8 Å². The van der Waals surface area contributed by atoms with Crippen molar-refractivity contribution in [3.8, 4) is 6.07 Å². The van der Waals surface area contributed by atoms with E-state index in [4.69, 9.17) is 10.00 Å². The van der Waals surface area contributed by atoms with Gasteiger partial charge in [0.05, 0.1) is 29.8 Å². The van der Waals surface area contributed by atoms with Gasteiger partial charge in [0.25, 0.3) is 5.56 Å². The van der Waals surface area contributed by atoms with Gasteiger partial charge in [-0.3, -0.25) is 4.79 Å². The molecule has 0 radical (unpaired) electrons. The summed E-state index contributed by atoms with van der Waals surface area (Å²) in [5, 5.41) is 16.6. The van der Waals surface area contributed by atoms with Crippen LogP contribution >= 0.6 is 0 Å². The summed E-state index contributed by atoms with van der Waals surface area (Å²) in [5.41, 5.74) is -2.76. The van der Waals surface area contributed by atoms with Gasteiger partial charge in [0, 0.05) is 32.2 Å². The maximum absolute atomic E-state index is 13.1. The lowest BCUT2D eigenvalue weighted by Crippen LogP contribution is -2.46. The molecular formula is C22H25F3N8O3. The van der Waals surface area contributed by atoms with Crippen LogP contribution in [-0.2, 0) is 10.9 Å². The summed E-state index contributed by atoms with van der Waals surface area (Å²) in [4.78, 5) is 35.8. The maximum atomic E-state index is 13.1. The SMILES string of the molecule is C[C@@H](/C=C/COC(=O)N(C)C1CCN(c2ncc(C#N)cn2)CC1)Nc1cn[nH]c(=O)c1C(F)(F)F. The highest BCUT2D eigenvalue weighted by Crippen LogP contribution is 2.31. The molecule has 2 aromatic heterocycles. The highest BCUT2D eigenvalue weighted by molar-refractivity contribution is 5.67. The van der Waals surface area contributed by atoms with Crippen LogP contribution in [0.3, 0.4) is 0 Å². The Morgan fingerprint density at radius 3 is 2.64 bits per heavy atom. The van der Waals surface area contributed by atoms with Gasteiger partial charge < -0.3 is 19.9 Å². The fourth-order valence-electron chi connectivity index (χ4n) is 3.71. The Balaban J connectivity index is 1.45. The van der Waals surface area contributed by atoms with Gasteiger partial charge in [0.2, 0.25) is 5.95 Å². The molecule has 3 rings (SSSR count). The molecule has 1 saturated heterocycles. The number of alkyl halides is 3. The molecule has 1 fully saturated rings. The van der Waals surface area contributed by atoms with Gasteiger partial charge in [-0.1, -0.05) is 6.08 Å². The molecule has 0 saturated carbocycles. The van der Waals surface area contributed by atoms with E-state index in [1.807, 2.05) is 11.0 Å². The van der Waals surface area contributed by atoms with Crippen LogP contribution in [0.5, 0.6) is 0 Å². The number of carbonyl (C=O) groups excluding carboxylic acids is 1. The minimum Gasteiger partial charge on any atom is -0.445 e. The second-order valence-corrected chi connectivity index (χ2v) is 8.14. The Bertz CT molecular complexity index is 1170. The number of aromatic amines is 1. The molecule has 0 aromatic carbocycles. The number of nitrogens with zero attached hydrogens (tertiary/aromatic N) is 6. The summed E-state index contributed by atoms with van der Waals surface area (Å²) < 4.78 is 44.6. The van der Waals surface area contributed by atoms with Crippen LogP contribution in [0.25, 0.3) is 0 Å². The number of nitrogens with one attached hydrogen (secondary N) is 2. The zero-order valence-corrected chi connectivity index (χ0v) is 19.6. The number of carbonyl (C=O) groups is 1. The number of rotatable bonds is 7. The molecule has 11 nitrogen and oxygen atoms in total. The van der Waals surface area contributed by atoms with Crippen LogP contribution in [0.4, 0.5) is 29.6 Å². The van der Waals surface area contributed by atoms with E-state index >= 15 is 0 Å².